The molecule has 0 spiro atoms. The number of esters is 2. The number of ether oxygens (including phenoxy) is 2. The van der Waals surface area contributed by atoms with E-state index in [2.05, 4.69) is 6.58 Å². The van der Waals surface area contributed by atoms with E-state index in [0.29, 0.717) is 18.6 Å². The first-order chi connectivity index (χ1) is 20.3. The van der Waals surface area contributed by atoms with E-state index in [1.54, 1.807) is 20.8 Å². The normalized spacial score (nSPS) is 11.8. The molecular weight excluding hydrogens is 594 g/mol. The Morgan fingerprint density at radius 3 is 1.59 bits per heavy atom. The van der Waals surface area contributed by atoms with Crippen molar-refractivity contribution in [1.82, 2.24) is 0 Å². The van der Waals surface area contributed by atoms with Crippen LogP contribution in [-0.4, -0.2) is 35.7 Å². The summed E-state index contributed by atoms with van der Waals surface area (Å²) in [6.07, 6.45) is 0.00641. The lowest BCUT2D eigenvalue weighted by Crippen LogP contribution is -2.24. The quantitative estimate of drug-likeness (QED) is 0.115. The van der Waals surface area contributed by atoms with Gasteiger partial charge < -0.3 is 9.47 Å². The molecule has 0 saturated heterocycles. The lowest BCUT2D eigenvalue weighted by atomic mass is 9.86. The molecule has 0 heterocycles. The van der Waals surface area contributed by atoms with E-state index in [-0.39, 0.29) is 30.2 Å². The topological polar surface area (TPSA) is 86.7 Å². The molecule has 44 heavy (non-hydrogen) atoms. The van der Waals surface area contributed by atoms with E-state index in [1.807, 2.05) is 13.8 Å². The van der Waals surface area contributed by atoms with Crippen molar-refractivity contribution in [3.05, 3.63) is 76.9 Å². The van der Waals surface area contributed by atoms with Gasteiger partial charge in [0.2, 0.25) is 0 Å². The summed E-state index contributed by atoms with van der Waals surface area (Å²) < 4.78 is 89.5. The highest BCUT2D eigenvalue weighted by Gasteiger charge is 2.30. The molecular formula is C32H38F6O6. The number of hydrogen-bond acceptors (Lipinski definition) is 6. The van der Waals surface area contributed by atoms with Crippen molar-refractivity contribution in [2.24, 2.45) is 5.92 Å². The van der Waals surface area contributed by atoms with Gasteiger partial charge in [-0.25, -0.2) is 26.3 Å². The molecule has 2 atom stereocenters. The third-order valence-corrected chi connectivity index (χ3v) is 5.69. The van der Waals surface area contributed by atoms with E-state index in [1.165, 1.54) is 6.92 Å². The third kappa shape index (κ3) is 12.7. The van der Waals surface area contributed by atoms with Crippen LogP contribution in [0.4, 0.5) is 26.3 Å². The monoisotopic (exact) mass is 632 g/mol. The van der Waals surface area contributed by atoms with Crippen molar-refractivity contribution in [2.45, 2.75) is 86.4 Å². The van der Waals surface area contributed by atoms with Gasteiger partial charge in [-0.3, -0.25) is 19.2 Å². The Morgan fingerprint density at radius 2 is 1.18 bits per heavy atom. The van der Waals surface area contributed by atoms with Crippen molar-refractivity contribution in [2.75, 3.05) is 0 Å². The highest BCUT2D eigenvalue weighted by atomic mass is 19.2. The fourth-order valence-electron chi connectivity index (χ4n) is 3.47. The van der Waals surface area contributed by atoms with Crippen LogP contribution in [0, 0.1) is 40.8 Å². The smallest absolute Gasteiger partial charge is 0.308 e. The maximum Gasteiger partial charge on any atom is 0.308 e. The zero-order chi connectivity index (χ0) is 34.5. The molecule has 0 aromatic heterocycles. The maximum absolute atomic E-state index is 13.9. The number of halogens is 6. The number of ketones is 2. The molecule has 2 aromatic carbocycles. The van der Waals surface area contributed by atoms with Gasteiger partial charge in [0.05, 0.1) is 23.7 Å². The number of rotatable bonds is 10. The van der Waals surface area contributed by atoms with Crippen LogP contribution in [0.3, 0.4) is 0 Å². The summed E-state index contributed by atoms with van der Waals surface area (Å²) in [4.78, 5) is 44.7. The Morgan fingerprint density at radius 1 is 0.727 bits per heavy atom. The van der Waals surface area contributed by atoms with E-state index >= 15 is 0 Å². The zero-order valence-corrected chi connectivity index (χ0v) is 26.0. The molecule has 0 aliphatic carbocycles. The number of benzene rings is 2. The highest BCUT2D eigenvalue weighted by molar-refractivity contribution is 6.18. The molecule has 0 radical (unpaired) electrons. The second kappa shape index (κ2) is 18.6. The van der Waals surface area contributed by atoms with Gasteiger partial charge in [-0.2, -0.15) is 0 Å². The van der Waals surface area contributed by atoms with Gasteiger partial charge in [-0.1, -0.05) is 20.4 Å². The summed E-state index contributed by atoms with van der Waals surface area (Å²) in [7, 11) is 0. The average molecular weight is 633 g/mol. The Labute approximate surface area is 253 Å². The molecule has 6 nitrogen and oxygen atoms in total. The maximum atomic E-state index is 13.9. The number of carbonyl (C=O) groups excluding carboxylic acids is 4. The van der Waals surface area contributed by atoms with Gasteiger partial charge in [0.25, 0.3) is 0 Å². The van der Waals surface area contributed by atoms with Crippen LogP contribution < -0.4 is 0 Å². The van der Waals surface area contributed by atoms with Gasteiger partial charge in [0, 0.05) is 23.5 Å². The Balaban J connectivity index is 0.000000714. The molecule has 2 rings (SSSR count). The molecule has 0 amide bonds. The van der Waals surface area contributed by atoms with Crippen LogP contribution in [0.5, 0.6) is 0 Å². The molecule has 2 unspecified atom stereocenters. The second-order valence-electron chi connectivity index (χ2n) is 10.2. The van der Waals surface area contributed by atoms with Crippen LogP contribution in [0.25, 0.3) is 5.57 Å². The Hall–Kier alpha value is -3.96. The van der Waals surface area contributed by atoms with Gasteiger partial charge in [-0.15, -0.1) is 0 Å². The van der Waals surface area contributed by atoms with E-state index in [0.717, 1.165) is 26.0 Å². The van der Waals surface area contributed by atoms with Gasteiger partial charge in [0.15, 0.2) is 29.1 Å². The van der Waals surface area contributed by atoms with Crippen LogP contribution >= 0.6 is 0 Å². The average Bonchev–Trinajstić information content (AvgIpc) is 2.92. The lowest BCUT2D eigenvalue weighted by Gasteiger charge is -2.20. The number of Topliss-reactive ketones (excluding diaryl/α,β-unsaturated/α-hetero) is 2. The van der Waals surface area contributed by atoms with Crippen molar-refractivity contribution >= 4 is 29.1 Å². The predicted molar refractivity (Wildman–Crippen MR) is 152 cm³/mol. The summed E-state index contributed by atoms with van der Waals surface area (Å²) >= 11 is 0. The fourth-order valence-corrected chi connectivity index (χ4v) is 3.47. The summed E-state index contributed by atoms with van der Waals surface area (Å²) in [6, 6.07) is 2.83. The van der Waals surface area contributed by atoms with Crippen molar-refractivity contribution < 1.29 is 55.0 Å². The number of carbonyl (C=O) groups is 4. The molecule has 12 heteroatoms. The van der Waals surface area contributed by atoms with Crippen molar-refractivity contribution in [3.63, 3.8) is 0 Å². The van der Waals surface area contributed by atoms with Crippen LogP contribution in [0.15, 0.2) is 30.8 Å². The van der Waals surface area contributed by atoms with Crippen molar-refractivity contribution in [3.8, 4) is 0 Å². The number of hydrogen-bond donors (Lipinski definition) is 0. The Bertz CT molecular complexity index is 1340. The van der Waals surface area contributed by atoms with Crippen LogP contribution in [-0.2, 0) is 28.7 Å². The first kappa shape index (κ1) is 40.0. The minimum atomic E-state index is -1.40. The Kier molecular flexibility index (Phi) is 17.0. The second-order valence-corrected chi connectivity index (χ2v) is 10.2. The minimum Gasteiger partial charge on any atom is -0.463 e. The van der Waals surface area contributed by atoms with E-state index in [9.17, 15) is 45.5 Å². The molecule has 0 saturated carbocycles. The molecule has 0 bridgehead atoms. The zero-order valence-electron chi connectivity index (χ0n) is 26.0. The first-order valence-corrected chi connectivity index (χ1v) is 13.6. The molecule has 0 aliphatic rings. The van der Waals surface area contributed by atoms with Gasteiger partial charge >= 0.3 is 11.9 Å². The van der Waals surface area contributed by atoms with Crippen molar-refractivity contribution in [1.29, 1.82) is 0 Å². The summed E-state index contributed by atoms with van der Waals surface area (Å²) in [6.45, 7) is 15.7. The van der Waals surface area contributed by atoms with Gasteiger partial charge in [-0.05, 0) is 72.2 Å². The van der Waals surface area contributed by atoms with Crippen LogP contribution in [0.2, 0.25) is 0 Å². The van der Waals surface area contributed by atoms with E-state index in [4.69, 9.17) is 9.47 Å². The lowest BCUT2D eigenvalue weighted by molar-refractivity contribution is -0.152. The first-order valence-electron chi connectivity index (χ1n) is 13.6. The summed E-state index contributed by atoms with van der Waals surface area (Å²) in [5.74, 6) is -11.1. The fraction of sp³-hybridized carbons (Fsp3) is 0.438. The van der Waals surface area contributed by atoms with E-state index < -0.39 is 75.4 Å². The van der Waals surface area contributed by atoms with Crippen LogP contribution in [0.1, 0.15) is 85.3 Å². The molecule has 0 aliphatic heterocycles. The molecule has 2 aromatic rings. The minimum absolute atomic E-state index is 0.0300. The molecule has 0 fully saturated rings. The SMILES string of the molecule is C=C(C(C)=O)c1c(F)ccc(F)c1F.CC(=O)C(CC(C)C(=O)OC(C)C)c1c(F)ccc(F)c1F.CCC(=O)OC(C)C. The standard InChI is InChI=1S/C16H19F3O3.C10H7F3O.C6H12O2/c1-8(2)22-16(21)9(3)7-11(10(4)20)14-12(17)5-6-13(18)15(14)19;1-5(6(2)14)9-7(11)3-4-8(12)10(9)13;1-4-6(7)8-5(2)3/h5-6,8-9,11H,7H2,1-4H3;3-4H,1H2,2H3;5H,4H2,1-3H3. The summed E-state index contributed by atoms with van der Waals surface area (Å²) in [5.41, 5.74) is -1.71. The number of allylic oxidation sites excluding steroid dienone is 1. The highest BCUT2D eigenvalue weighted by Crippen LogP contribution is 2.31. The molecule has 244 valence electrons. The largest absolute Gasteiger partial charge is 0.463 e. The summed E-state index contributed by atoms with van der Waals surface area (Å²) in [5, 5.41) is 0. The molecule has 0 N–H and O–H groups in total. The van der Waals surface area contributed by atoms with Gasteiger partial charge in [0.1, 0.15) is 17.4 Å². The predicted octanol–water partition coefficient (Wildman–Crippen LogP) is 7.81. The third-order valence-electron chi connectivity index (χ3n) is 5.69.